The third kappa shape index (κ3) is 7.25. The highest BCUT2D eigenvalue weighted by atomic mass is 15.2. The van der Waals surface area contributed by atoms with Crippen LogP contribution in [0.15, 0.2) is 243 Å². The van der Waals surface area contributed by atoms with Gasteiger partial charge in [-0.05, 0) is 191 Å². The Morgan fingerprint density at radius 2 is 0.859 bits per heavy atom. The fourth-order valence-electron chi connectivity index (χ4n) is 13.9. The van der Waals surface area contributed by atoms with Crippen molar-refractivity contribution < 1.29 is 0 Å². The highest BCUT2D eigenvalue weighted by Crippen LogP contribution is 2.62. The summed E-state index contributed by atoms with van der Waals surface area (Å²) in [5.41, 5.74) is 17.0. The van der Waals surface area contributed by atoms with Crippen LogP contribution in [0.2, 0.25) is 0 Å². The lowest BCUT2D eigenvalue weighted by Crippen LogP contribution is -2.48. The molecule has 342 valence electrons. The maximum Gasteiger partial charge on any atom is 0.0562 e. The molecule has 0 N–H and O–H groups in total. The summed E-state index contributed by atoms with van der Waals surface area (Å²) in [5.74, 6) is 2.62. The van der Waals surface area contributed by atoms with Crippen molar-refractivity contribution >= 4 is 66.7 Å². The van der Waals surface area contributed by atoms with Crippen LogP contribution in [0.4, 0.5) is 34.1 Å². The minimum absolute atomic E-state index is 0.261. The fourth-order valence-corrected chi connectivity index (χ4v) is 13.9. The molecule has 4 bridgehead atoms. The van der Waals surface area contributed by atoms with Crippen LogP contribution in [-0.4, -0.2) is 4.57 Å². The van der Waals surface area contributed by atoms with Crippen LogP contribution in [0, 0.1) is 17.8 Å². The van der Waals surface area contributed by atoms with Gasteiger partial charge in [-0.15, -0.1) is 0 Å². The molecular formula is C68H55N3. The Bertz CT molecular complexity index is 3710. The first-order valence-corrected chi connectivity index (χ1v) is 25.7. The maximum absolute atomic E-state index is 2.60. The predicted octanol–water partition coefficient (Wildman–Crippen LogP) is 18.7. The molecule has 0 aliphatic heterocycles. The molecule has 15 rings (SSSR count). The van der Waals surface area contributed by atoms with E-state index in [-0.39, 0.29) is 5.41 Å². The van der Waals surface area contributed by atoms with Crippen LogP contribution in [0.25, 0.3) is 60.5 Å². The second kappa shape index (κ2) is 17.1. The third-order valence-electron chi connectivity index (χ3n) is 16.4. The molecule has 4 aliphatic rings. The van der Waals surface area contributed by atoms with Gasteiger partial charge in [0.2, 0.25) is 0 Å². The van der Waals surface area contributed by atoms with Crippen LogP contribution in [0.3, 0.4) is 0 Å². The SMILES string of the molecule is c1ccc(-c2cccc(N(c3ccc(-c4cccc(N(c5ccccc5)c5cc(C67CC8CC(CC(C8)C6)C7)c6ccccc6c5)c4)cc3)c3cccc4c3c3ccccc3n4-c3ccccc3)c2)cc1. The summed E-state index contributed by atoms with van der Waals surface area (Å²) >= 11 is 0. The highest BCUT2D eigenvalue weighted by Gasteiger charge is 2.52. The third-order valence-corrected chi connectivity index (χ3v) is 16.4. The van der Waals surface area contributed by atoms with Crippen LogP contribution >= 0.6 is 0 Å². The molecule has 4 saturated carbocycles. The second-order valence-electron chi connectivity index (χ2n) is 20.8. The molecule has 3 heteroatoms. The lowest BCUT2D eigenvalue weighted by molar-refractivity contribution is -0.00448. The lowest BCUT2D eigenvalue weighted by atomic mass is 9.47. The van der Waals surface area contributed by atoms with Crippen molar-refractivity contribution in [2.75, 3.05) is 9.80 Å². The van der Waals surface area contributed by atoms with Gasteiger partial charge in [0.15, 0.2) is 0 Å². The van der Waals surface area contributed by atoms with Crippen molar-refractivity contribution in [2.45, 2.75) is 43.9 Å². The molecule has 4 fully saturated rings. The Hall–Kier alpha value is -8.14. The van der Waals surface area contributed by atoms with Gasteiger partial charge in [-0.3, -0.25) is 0 Å². The predicted molar refractivity (Wildman–Crippen MR) is 298 cm³/mol. The van der Waals surface area contributed by atoms with Crippen molar-refractivity contribution in [3.05, 3.63) is 248 Å². The van der Waals surface area contributed by atoms with Crippen LogP contribution in [-0.2, 0) is 5.41 Å². The van der Waals surface area contributed by atoms with E-state index in [1.54, 1.807) is 5.56 Å². The van der Waals surface area contributed by atoms with E-state index in [1.165, 1.54) is 105 Å². The van der Waals surface area contributed by atoms with Crippen molar-refractivity contribution in [1.82, 2.24) is 4.57 Å². The smallest absolute Gasteiger partial charge is 0.0562 e. The zero-order valence-electron chi connectivity index (χ0n) is 39.9. The number of para-hydroxylation sites is 3. The lowest BCUT2D eigenvalue weighted by Gasteiger charge is -2.57. The molecule has 71 heavy (non-hydrogen) atoms. The van der Waals surface area contributed by atoms with Crippen LogP contribution < -0.4 is 9.80 Å². The summed E-state index contributed by atoms with van der Waals surface area (Å²) in [7, 11) is 0. The van der Waals surface area contributed by atoms with Crippen LogP contribution in [0.1, 0.15) is 44.1 Å². The first kappa shape index (κ1) is 41.8. The number of fused-ring (bicyclic) bond motifs is 4. The molecule has 1 heterocycles. The molecular weight excluding hydrogens is 859 g/mol. The highest BCUT2D eigenvalue weighted by molar-refractivity contribution is 6.16. The number of benzene rings is 10. The van der Waals surface area contributed by atoms with Gasteiger partial charge in [-0.1, -0.05) is 152 Å². The molecule has 10 aromatic carbocycles. The fraction of sp³-hybridized carbons (Fsp3) is 0.147. The van der Waals surface area contributed by atoms with E-state index < -0.39 is 0 Å². The standard InChI is InChI=1S/C68H55N3/c1-4-17-50(18-5-1)52-20-15-27-59(41-52)70(65-31-16-32-66-67(65)62-29-12-13-30-64(62)71(66)56-24-8-3-9-25-56)57-35-33-51(34-36-57)53-21-14-26-58(40-53)69(55-22-6-2-7-23-55)60-42-54-19-10-11-28-61(54)63(43-60)68-44-47-37-48(45-68)39-49(38-47)46-68/h1-36,40-43,47-49H,37-39,44-46H2. The average Bonchev–Trinajstić information content (AvgIpc) is 3.77. The van der Waals surface area contributed by atoms with Crippen molar-refractivity contribution in [1.29, 1.82) is 0 Å². The second-order valence-corrected chi connectivity index (χ2v) is 20.8. The van der Waals surface area contributed by atoms with Crippen molar-refractivity contribution in [3.8, 4) is 27.9 Å². The largest absolute Gasteiger partial charge is 0.310 e. The first-order valence-electron chi connectivity index (χ1n) is 25.7. The van der Waals surface area contributed by atoms with Gasteiger partial charge in [0.05, 0.1) is 16.7 Å². The number of anilines is 6. The van der Waals surface area contributed by atoms with Gasteiger partial charge in [-0.25, -0.2) is 0 Å². The minimum atomic E-state index is 0.261. The minimum Gasteiger partial charge on any atom is -0.310 e. The van der Waals surface area contributed by atoms with E-state index >= 15 is 0 Å². The topological polar surface area (TPSA) is 11.4 Å². The molecule has 4 aliphatic carbocycles. The van der Waals surface area contributed by atoms with E-state index in [9.17, 15) is 0 Å². The molecule has 0 atom stereocenters. The summed E-state index contributed by atoms with van der Waals surface area (Å²) in [6, 6.07) is 89.7. The number of aromatic nitrogens is 1. The monoisotopic (exact) mass is 913 g/mol. The number of hydrogen-bond acceptors (Lipinski definition) is 2. The molecule has 11 aromatic rings. The number of hydrogen-bond donors (Lipinski definition) is 0. The van der Waals surface area contributed by atoms with Gasteiger partial charge in [0, 0.05) is 44.9 Å². The summed E-state index contributed by atoms with van der Waals surface area (Å²) in [6.45, 7) is 0. The normalized spacial score (nSPS) is 19.1. The maximum atomic E-state index is 2.60. The van der Waals surface area contributed by atoms with E-state index in [1.807, 2.05) is 0 Å². The zero-order chi connectivity index (χ0) is 46.9. The van der Waals surface area contributed by atoms with Gasteiger partial charge in [0.1, 0.15) is 0 Å². The Kier molecular flexibility index (Phi) is 10.0. The average molecular weight is 914 g/mol. The molecule has 0 spiro atoms. The van der Waals surface area contributed by atoms with Gasteiger partial charge >= 0.3 is 0 Å². The quantitative estimate of drug-likeness (QED) is 0.135. The van der Waals surface area contributed by atoms with E-state index in [0.29, 0.717) is 0 Å². The summed E-state index contributed by atoms with van der Waals surface area (Å²) in [6.07, 6.45) is 8.34. The molecule has 0 amide bonds. The molecule has 0 unspecified atom stereocenters. The van der Waals surface area contributed by atoms with E-state index in [0.717, 1.165) is 46.2 Å². The molecule has 0 saturated heterocycles. The van der Waals surface area contributed by atoms with Gasteiger partial charge < -0.3 is 14.4 Å². The molecule has 0 radical (unpaired) electrons. The van der Waals surface area contributed by atoms with Gasteiger partial charge in [-0.2, -0.15) is 0 Å². The zero-order valence-corrected chi connectivity index (χ0v) is 39.9. The van der Waals surface area contributed by atoms with Crippen molar-refractivity contribution in [2.24, 2.45) is 17.8 Å². The van der Waals surface area contributed by atoms with Gasteiger partial charge in [0.25, 0.3) is 0 Å². The first-order chi connectivity index (χ1) is 35.1. The Balaban J connectivity index is 0.891. The summed E-state index contributed by atoms with van der Waals surface area (Å²) < 4.78 is 2.41. The Morgan fingerprint density at radius 3 is 1.55 bits per heavy atom. The molecule has 1 aromatic heterocycles. The molecule has 3 nitrogen and oxygen atoms in total. The van der Waals surface area contributed by atoms with Crippen LogP contribution in [0.5, 0.6) is 0 Å². The summed E-state index contributed by atoms with van der Waals surface area (Å²) in [5, 5.41) is 5.22. The van der Waals surface area contributed by atoms with Crippen molar-refractivity contribution in [3.63, 3.8) is 0 Å². The number of rotatable bonds is 10. The van der Waals surface area contributed by atoms with E-state index in [4.69, 9.17) is 0 Å². The Labute approximate surface area is 416 Å². The van der Waals surface area contributed by atoms with E-state index in [2.05, 4.69) is 257 Å². The Morgan fingerprint density at radius 1 is 0.352 bits per heavy atom. The summed E-state index contributed by atoms with van der Waals surface area (Å²) in [4.78, 5) is 4.96. The number of nitrogens with zero attached hydrogens (tertiary/aromatic N) is 3.